The number of piperazine rings is 1. The summed E-state index contributed by atoms with van der Waals surface area (Å²) < 4.78 is 0. The zero-order chi connectivity index (χ0) is 13.0. The lowest BCUT2D eigenvalue weighted by atomic mass is 9.98. The summed E-state index contributed by atoms with van der Waals surface area (Å²) in [5.41, 5.74) is 1.20. The van der Waals surface area contributed by atoms with Gasteiger partial charge in [-0.1, -0.05) is 19.9 Å². The van der Waals surface area contributed by atoms with Crippen LogP contribution in [0.2, 0.25) is 0 Å². The molecule has 0 aromatic carbocycles. The molecule has 1 N–H and O–H groups in total. The van der Waals surface area contributed by atoms with Crippen LogP contribution in [-0.2, 0) is 6.42 Å². The third kappa shape index (κ3) is 3.53. The second-order valence-electron chi connectivity index (χ2n) is 5.69. The van der Waals surface area contributed by atoms with Crippen LogP contribution in [0.15, 0.2) is 24.4 Å². The van der Waals surface area contributed by atoms with E-state index in [-0.39, 0.29) is 0 Å². The summed E-state index contributed by atoms with van der Waals surface area (Å²) in [5.74, 6) is 0.703. The zero-order valence-electron chi connectivity index (χ0n) is 11.8. The SMILES string of the molecule is CC1CN(CCc2ccccn2)C(C(C)C)CN1. The van der Waals surface area contributed by atoms with Crippen molar-refractivity contribution in [1.82, 2.24) is 15.2 Å². The van der Waals surface area contributed by atoms with Gasteiger partial charge in [-0.15, -0.1) is 0 Å². The van der Waals surface area contributed by atoms with E-state index in [9.17, 15) is 0 Å². The first kappa shape index (κ1) is 13.5. The van der Waals surface area contributed by atoms with E-state index in [0.717, 1.165) is 26.1 Å². The summed E-state index contributed by atoms with van der Waals surface area (Å²) in [5, 5.41) is 3.58. The normalized spacial score (nSPS) is 25.6. The highest BCUT2D eigenvalue weighted by Gasteiger charge is 2.27. The van der Waals surface area contributed by atoms with Gasteiger partial charge >= 0.3 is 0 Å². The number of rotatable bonds is 4. The lowest BCUT2D eigenvalue weighted by Crippen LogP contribution is -2.57. The Balaban J connectivity index is 1.92. The molecule has 2 unspecified atom stereocenters. The van der Waals surface area contributed by atoms with Crippen molar-refractivity contribution < 1.29 is 0 Å². The van der Waals surface area contributed by atoms with Crippen LogP contribution >= 0.6 is 0 Å². The summed E-state index contributed by atoms with van der Waals surface area (Å²) in [4.78, 5) is 7.04. The van der Waals surface area contributed by atoms with Crippen LogP contribution in [0.3, 0.4) is 0 Å². The number of nitrogens with zero attached hydrogens (tertiary/aromatic N) is 2. The number of nitrogens with one attached hydrogen (secondary N) is 1. The molecule has 2 heterocycles. The van der Waals surface area contributed by atoms with Gasteiger partial charge in [0.1, 0.15) is 0 Å². The van der Waals surface area contributed by atoms with E-state index in [2.05, 4.69) is 48.1 Å². The summed E-state index contributed by atoms with van der Waals surface area (Å²) in [6, 6.07) is 7.43. The molecular formula is C15H25N3. The Morgan fingerprint density at radius 2 is 2.28 bits per heavy atom. The first-order chi connectivity index (χ1) is 8.66. The van der Waals surface area contributed by atoms with Gasteiger partial charge in [0, 0.05) is 50.0 Å². The highest BCUT2D eigenvalue weighted by Crippen LogP contribution is 2.15. The van der Waals surface area contributed by atoms with Crippen molar-refractivity contribution in [2.75, 3.05) is 19.6 Å². The molecule has 0 saturated carbocycles. The third-order valence-electron chi connectivity index (χ3n) is 3.80. The lowest BCUT2D eigenvalue weighted by Gasteiger charge is -2.41. The number of hydrogen-bond acceptors (Lipinski definition) is 3. The fraction of sp³-hybridized carbons (Fsp3) is 0.667. The molecule has 100 valence electrons. The van der Waals surface area contributed by atoms with Crippen LogP contribution in [0.25, 0.3) is 0 Å². The molecule has 0 bridgehead atoms. The van der Waals surface area contributed by atoms with E-state index in [1.165, 1.54) is 5.69 Å². The Morgan fingerprint density at radius 1 is 1.44 bits per heavy atom. The Hall–Kier alpha value is -0.930. The molecule has 2 atom stereocenters. The van der Waals surface area contributed by atoms with Crippen molar-refractivity contribution in [3.63, 3.8) is 0 Å². The Morgan fingerprint density at radius 3 is 2.94 bits per heavy atom. The molecule has 0 spiro atoms. The van der Waals surface area contributed by atoms with Gasteiger partial charge in [-0.25, -0.2) is 0 Å². The smallest absolute Gasteiger partial charge is 0.0416 e. The van der Waals surface area contributed by atoms with Crippen molar-refractivity contribution in [1.29, 1.82) is 0 Å². The van der Waals surface area contributed by atoms with E-state index in [4.69, 9.17) is 0 Å². The predicted octanol–water partition coefficient (Wildman–Crippen LogP) is 1.94. The maximum absolute atomic E-state index is 4.41. The first-order valence-corrected chi connectivity index (χ1v) is 7.04. The first-order valence-electron chi connectivity index (χ1n) is 7.04. The van der Waals surface area contributed by atoms with Gasteiger partial charge in [0.2, 0.25) is 0 Å². The van der Waals surface area contributed by atoms with E-state index >= 15 is 0 Å². The van der Waals surface area contributed by atoms with Gasteiger partial charge in [0.25, 0.3) is 0 Å². The molecule has 3 heteroatoms. The molecule has 0 aliphatic carbocycles. The molecule has 2 rings (SSSR count). The van der Waals surface area contributed by atoms with E-state index in [0.29, 0.717) is 18.0 Å². The van der Waals surface area contributed by atoms with Gasteiger partial charge in [-0.05, 0) is 25.0 Å². The summed E-state index contributed by atoms with van der Waals surface area (Å²) in [6.07, 6.45) is 2.94. The largest absolute Gasteiger partial charge is 0.311 e. The third-order valence-corrected chi connectivity index (χ3v) is 3.80. The van der Waals surface area contributed by atoms with Crippen LogP contribution in [-0.4, -0.2) is 41.6 Å². The maximum Gasteiger partial charge on any atom is 0.0416 e. The molecule has 1 aromatic heterocycles. The van der Waals surface area contributed by atoms with E-state index in [1.54, 1.807) is 0 Å². The van der Waals surface area contributed by atoms with Crippen LogP contribution in [0.5, 0.6) is 0 Å². The highest BCUT2D eigenvalue weighted by atomic mass is 15.2. The lowest BCUT2D eigenvalue weighted by molar-refractivity contribution is 0.104. The van der Waals surface area contributed by atoms with Crippen molar-refractivity contribution >= 4 is 0 Å². The molecule has 0 amide bonds. The molecule has 1 aliphatic rings. The van der Waals surface area contributed by atoms with Crippen molar-refractivity contribution in [3.8, 4) is 0 Å². The number of pyridine rings is 1. The average molecular weight is 247 g/mol. The number of hydrogen-bond donors (Lipinski definition) is 1. The molecule has 1 saturated heterocycles. The standard InChI is InChI=1S/C15H25N3/c1-12(2)15-10-17-13(3)11-18(15)9-7-14-6-4-5-8-16-14/h4-6,8,12-13,15,17H,7,9-11H2,1-3H3. The monoisotopic (exact) mass is 247 g/mol. The fourth-order valence-electron chi connectivity index (χ4n) is 2.72. The predicted molar refractivity (Wildman–Crippen MR) is 75.6 cm³/mol. The number of aromatic nitrogens is 1. The van der Waals surface area contributed by atoms with Crippen molar-refractivity contribution in [2.24, 2.45) is 5.92 Å². The highest BCUT2D eigenvalue weighted by molar-refractivity contribution is 5.04. The van der Waals surface area contributed by atoms with Crippen molar-refractivity contribution in [2.45, 2.75) is 39.3 Å². The Kier molecular flexibility index (Phi) is 4.72. The molecule has 18 heavy (non-hydrogen) atoms. The summed E-state index contributed by atoms with van der Waals surface area (Å²) >= 11 is 0. The molecular weight excluding hydrogens is 222 g/mol. The van der Waals surface area contributed by atoms with Crippen LogP contribution < -0.4 is 5.32 Å². The second-order valence-corrected chi connectivity index (χ2v) is 5.69. The van der Waals surface area contributed by atoms with Gasteiger partial charge < -0.3 is 5.32 Å². The van der Waals surface area contributed by atoms with Gasteiger partial charge in [-0.2, -0.15) is 0 Å². The molecule has 1 aromatic rings. The van der Waals surface area contributed by atoms with E-state index in [1.807, 2.05) is 12.3 Å². The van der Waals surface area contributed by atoms with E-state index < -0.39 is 0 Å². The topological polar surface area (TPSA) is 28.2 Å². The molecule has 0 radical (unpaired) electrons. The van der Waals surface area contributed by atoms with Crippen LogP contribution in [0.1, 0.15) is 26.5 Å². The average Bonchev–Trinajstić information content (AvgIpc) is 2.37. The molecule has 3 nitrogen and oxygen atoms in total. The minimum absolute atomic E-state index is 0.601. The summed E-state index contributed by atoms with van der Waals surface area (Å²) in [6.45, 7) is 10.3. The van der Waals surface area contributed by atoms with Crippen LogP contribution in [0.4, 0.5) is 0 Å². The summed E-state index contributed by atoms with van der Waals surface area (Å²) in [7, 11) is 0. The minimum Gasteiger partial charge on any atom is -0.311 e. The Labute approximate surface area is 111 Å². The van der Waals surface area contributed by atoms with Gasteiger partial charge in [0.05, 0.1) is 0 Å². The quantitative estimate of drug-likeness (QED) is 0.881. The maximum atomic E-state index is 4.41. The molecule has 1 aliphatic heterocycles. The van der Waals surface area contributed by atoms with Crippen LogP contribution in [0, 0.1) is 5.92 Å². The van der Waals surface area contributed by atoms with Gasteiger partial charge in [-0.3, -0.25) is 9.88 Å². The van der Waals surface area contributed by atoms with Crippen molar-refractivity contribution in [3.05, 3.63) is 30.1 Å². The zero-order valence-corrected chi connectivity index (χ0v) is 11.8. The van der Waals surface area contributed by atoms with Gasteiger partial charge in [0.15, 0.2) is 0 Å². The minimum atomic E-state index is 0.601. The Bertz CT molecular complexity index is 350. The molecule has 1 fully saturated rings. The fourth-order valence-corrected chi connectivity index (χ4v) is 2.72. The second kappa shape index (κ2) is 6.30.